The van der Waals surface area contributed by atoms with E-state index >= 15 is 0 Å². The Kier molecular flexibility index (Phi) is 6.01. The van der Waals surface area contributed by atoms with Crippen molar-refractivity contribution in [3.63, 3.8) is 0 Å². The highest BCUT2D eigenvalue weighted by Gasteiger charge is 2.09. The molecule has 0 saturated carbocycles. The van der Waals surface area contributed by atoms with E-state index in [0.717, 1.165) is 17.7 Å². The van der Waals surface area contributed by atoms with Gasteiger partial charge in [-0.2, -0.15) is 0 Å². The van der Waals surface area contributed by atoms with Crippen molar-refractivity contribution in [3.05, 3.63) is 30.3 Å². The van der Waals surface area contributed by atoms with Gasteiger partial charge in [0.25, 0.3) is 0 Å². The average Bonchev–Trinajstić information content (AvgIpc) is 2.27. The Labute approximate surface area is 101 Å². The number of rotatable bonds is 6. The number of carbonyl (C=O) groups is 1. The van der Waals surface area contributed by atoms with Gasteiger partial charge in [0.15, 0.2) is 0 Å². The molecular weight excluding hydrogens is 220 g/mol. The molecule has 1 aromatic carbocycles. The molecule has 1 unspecified atom stereocenters. The zero-order chi connectivity index (χ0) is 11.8. The second kappa shape index (κ2) is 7.34. The van der Waals surface area contributed by atoms with Crippen LogP contribution in [0.1, 0.15) is 33.1 Å². The van der Waals surface area contributed by atoms with Crippen LogP contribution in [0, 0.1) is 0 Å². The van der Waals surface area contributed by atoms with Crippen molar-refractivity contribution in [1.29, 1.82) is 0 Å². The third-order valence-electron chi connectivity index (χ3n) is 2.08. The van der Waals surface area contributed by atoms with Gasteiger partial charge >= 0.3 is 5.97 Å². The summed E-state index contributed by atoms with van der Waals surface area (Å²) in [7, 11) is 0. The van der Waals surface area contributed by atoms with Crippen molar-refractivity contribution in [2.45, 2.75) is 43.4 Å². The third-order valence-corrected chi connectivity index (χ3v) is 3.05. The summed E-state index contributed by atoms with van der Waals surface area (Å²) < 4.78 is 5.28. The second-order valence-corrected chi connectivity index (χ2v) is 4.96. The maximum Gasteiger partial charge on any atom is 0.306 e. The summed E-state index contributed by atoms with van der Waals surface area (Å²) in [5.74, 6) is -0.0993. The fraction of sp³-hybridized carbons (Fsp3) is 0.462. The molecule has 16 heavy (non-hydrogen) atoms. The van der Waals surface area contributed by atoms with Gasteiger partial charge in [0.2, 0.25) is 0 Å². The molecule has 1 rings (SSSR count). The highest BCUT2D eigenvalue weighted by atomic mass is 32.2. The van der Waals surface area contributed by atoms with Gasteiger partial charge in [-0.15, -0.1) is 0 Å². The van der Waals surface area contributed by atoms with Crippen molar-refractivity contribution in [1.82, 2.24) is 0 Å². The molecule has 88 valence electrons. The average molecular weight is 238 g/mol. The van der Waals surface area contributed by atoms with Crippen LogP contribution in [0.4, 0.5) is 0 Å². The van der Waals surface area contributed by atoms with E-state index in [1.54, 1.807) is 11.8 Å². The van der Waals surface area contributed by atoms with E-state index in [-0.39, 0.29) is 11.4 Å². The first-order valence-corrected chi connectivity index (χ1v) is 6.51. The van der Waals surface area contributed by atoms with Gasteiger partial charge in [-0.05, 0) is 25.5 Å². The minimum atomic E-state index is -0.119. The van der Waals surface area contributed by atoms with Crippen LogP contribution in [-0.2, 0) is 9.53 Å². The lowest BCUT2D eigenvalue weighted by atomic mass is 10.2. The second-order valence-electron chi connectivity index (χ2n) is 3.59. The number of carbonyl (C=O) groups excluding carboxylic acids is 1. The predicted molar refractivity (Wildman–Crippen MR) is 67.4 cm³/mol. The van der Waals surface area contributed by atoms with Crippen LogP contribution < -0.4 is 0 Å². The van der Waals surface area contributed by atoms with Crippen LogP contribution in [0.5, 0.6) is 0 Å². The molecular formula is C13H18O2S. The first-order chi connectivity index (χ1) is 7.72. The van der Waals surface area contributed by atoms with Gasteiger partial charge < -0.3 is 4.74 Å². The Morgan fingerprint density at radius 3 is 2.69 bits per heavy atom. The maximum absolute atomic E-state index is 11.4. The Morgan fingerprint density at radius 1 is 1.38 bits per heavy atom. The molecule has 0 aliphatic rings. The van der Waals surface area contributed by atoms with Gasteiger partial charge in [0.05, 0.1) is 0 Å². The minimum absolute atomic E-state index is 0.0993. The van der Waals surface area contributed by atoms with Crippen LogP contribution in [0.2, 0.25) is 0 Å². The van der Waals surface area contributed by atoms with E-state index in [2.05, 4.69) is 6.92 Å². The highest BCUT2D eigenvalue weighted by Crippen LogP contribution is 2.23. The molecule has 0 spiro atoms. The smallest absolute Gasteiger partial charge is 0.306 e. The van der Waals surface area contributed by atoms with Crippen LogP contribution >= 0.6 is 11.8 Å². The first-order valence-electron chi connectivity index (χ1n) is 5.63. The molecule has 1 aromatic rings. The lowest BCUT2D eigenvalue weighted by molar-refractivity contribution is -0.144. The molecule has 0 saturated heterocycles. The molecule has 0 aromatic heterocycles. The van der Waals surface area contributed by atoms with Crippen LogP contribution in [-0.4, -0.2) is 11.4 Å². The van der Waals surface area contributed by atoms with Crippen molar-refractivity contribution in [3.8, 4) is 0 Å². The van der Waals surface area contributed by atoms with Crippen LogP contribution in [0.15, 0.2) is 35.2 Å². The van der Waals surface area contributed by atoms with Crippen LogP contribution in [0.3, 0.4) is 0 Å². The van der Waals surface area contributed by atoms with E-state index in [1.165, 1.54) is 0 Å². The first kappa shape index (κ1) is 13.1. The summed E-state index contributed by atoms with van der Waals surface area (Å²) in [5.41, 5.74) is -0.119. The zero-order valence-corrected chi connectivity index (χ0v) is 10.6. The van der Waals surface area contributed by atoms with Crippen molar-refractivity contribution in [2.24, 2.45) is 0 Å². The van der Waals surface area contributed by atoms with Gasteiger partial charge in [-0.25, -0.2) is 0 Å². The van der Waals surface area contributed by atoms with E-state index in [4.69, 9.17) is 4.74 Å². The van der Waals surface area contributed by atoms with Crippen molar-refractivity contribution < 1.29 is 9.53 Å². The summed E-state index contributed by atoms with van der Waals surface area (Å²) in [4.78, 5) is 12.5. The lowest BCUT2D eigenvalue weighted by Gasteiger charge is -2.12. The Balaban J connectivity index is 2.30. The summed E-state index contributed by atoms with van der Waals surface area (Å²) in [5, 5.41) is 0. The lowest BCUT2D eigenvalue weighted by Crippen LogP contribution is -2.11. The summed E-state index contributed by atoms with van der Waals surface area (Å²) >= 11 is 1.56. The molecule has 3 heteroatoms. The fourth-order valence-corrected chi connectivity index (χ4v) is 2.13. The Morgan fingerprint density at radius 2 is 2.06 bits per heavy atom. The van der Waals surface area contributed by atoms with Gasteiger partial charge in [0.1, 0.15) is 5.44 Å². The largest absolute Gasteiger partial charge is 0.451 e. The standard InChI is InChI=1S/C13H18O2S/c1-3-4-10-13(14)15-11(2)16-12-8-6-5-7-9-12/h5-9,11H,3-4,10H2,1-2H3. The maximum atomic E-state index is 11.4. The van der Waals surface area contributed by atoms with E-state index in [0.29, 0.717) is 6.42 Å². The molecule has 0 heterocycles. The molecule has 0 radical (unpaired) electrons. The highest BCUT2D eigenvalue weighted by molar-refractivity contribution is 7.99. The van der Waals surface area contributed by atoms with Gasteiger partial charge in [0, 0.05) is 11.3 Å². The van der Waals surface area contributed by atoms with Crippen molar-refractivity contribution in [2.75, 3.05) is 0 Å². The molecule has 0 bridgehead atoms. The van der Waals surface area contributed by atoms with E-state index in [1.807, 2.05) is 37.3 Å². The van der Waals surface area contributed by atoms with E-state index in [9.17, 15) is 4.79 Å². The molecule has 0 fully saturated rings. The molecule has 2 nitrogen and oxygen atoms in total. The number of ether oxygens (including phenoxy) is 1. The third kappa shape index (κ3) is 5.21. The Bertz CT molecular complexity index is 311. The SMILES string of the molecule is CCCCC(=O)OC(C)Sc1ccccc1. The summed E-state index contributed by atoms with van der Waals surface area (Å²) in [6, 6.07) is 9.96. The topological polar surface area (TPSA) is 26.3 Å². The Hall–Kier alpha value is -0.960. The van der Waals surface area contributed by atoms with Crippen molar-refractivity contribution >= 4 is 17.7 Å². The van der Waals surface area contributed by atoms with Gasteiger partial charge in [-0.1, -0.05) is 43.3 Å². The quantitative estimate of drug-likeness (QED) is 0.427. The zero-order valence-electron chi connectivity index (χ0n) is 9.81. The number of thioether (sulfide) groups is 1. The van der Waals surface area contributed by atoms with Gasteiger partial charge in [-0.3, -0.25) is 4.79 Å². The number of unbranched alkanes of at least 4 members (excludes halogenated alkanes) is 1. The minimum Gasteiger partial charge on any atom is -0.451 e. The van der Waals surface area contributed by atoms with Crippen LogP contribution in [0.25, 0.3) is 0 Å². The predicted octanol–water partition coefficient (Wildman–Crippen LogP) is 3.86. The monoisotopic (exact) mass is 238 g/mol. The number of hydrogen-bond acceptors (Lipinski definition) is 3. The number of hydrogen-bond donors (Lipinski definition) is 0. The number of esters is 1. The van der Waals surface area contributed by atoms with E-state index < -0.39 is 0 Å². The molecule has 0 aliphatic heterocycles. The molecule has 0 aliphatic carbocycles. The normalized spacial score (nSPS) is 12.1. The molecule has 0 N–H and O–H groups in total. The summed E-state index contributed by atoms with van der Waals surface area (Å²) in [6.45, 7) is 3.97. The molecule has 1 atom stereocenters. The summed E-state index contributed by atoms with van der Waals surface area (Å²) in [6.07, 6.45) is 2.45. The fourth-order valence-electron chi connectivity index (χ4n) is 1.28. The number of benzene rings is 1. The molecule has 0 amide bonds.